The van der Waals surface area contributed by atoms with E-state index in [9.17, 15) is 5.11 Å². The lowest BCUT2D eigenvalue weighted by Gasteiger charge is -2.35. The van der Waals surface area contributed by atoms with Gasteiger partial charge in [0.25, 0.3) is 0 Å². The molecule has 1 aliphatic heterocycles. The average molecular weight is 306 g/mol. The van der Waals surface area contributed by atoms with Crippen molar-refractivity contribution in [2.45, 2.75) is 45.4 Å². The summed E-state index contributed by atoms with van der Waals surface area (Å²) in [5, 5.41) is 9.50. The van der Waals surface area contributed by atoms with Crippen LogP contribution in [-0.2, 0) is 13.2 Å². The largest absolute Gasteiger partial charge is 0.494 e. The number of benzene rings is 1. The second kappa shape index (κ2) is 8.51. The number of aliphatic hydroxyl groups is 1. The fourth-order valence-electron chi connectivity index (χ4n) is 3.26. The van der Waals surface area contributed by atoms with E-state index in [1.54, 1.807) is 0 Å². The van der Waals surface area contributed by atoms with Gasteiger partial charge in [-0.25, -0.2) is 0 Å². The smallest absolute Gasteiger partial charge is 0.124 e. The maximum atomic E-state index is 9.50. The molecule has 0 unspecified atom stereocenters. The number of nitrogens with zero attached hydrogens (tertiary/aromatic N) is 2. The van der Waals surface area contributed by atoms with Crippen LogP contribution in [0, 0.1) is 0 Å². The molecule has 0 spiro atoms. The van der Waals surface area contributed by atoms with E-state index in [4.69, 9.17) is 4.74 Å². The molecule has 0 aromatic heterocycles. The monoisotopic (exact) mass is 306 g/mol. The van der Waals surface area contributed by atoms with Crippen LogP contribution in [-0.4, -0.2) is 54.7 Å². The zero-order valence-electron chi connectivity index (χ0n) is 14.2. The van der Waals surface area contributed by atoms with Gasteiger partial charge in [0.05, 0.1) is 13.2 Å². The van der Waals surface area contributed by atoms with E-state index in [-0.39, 0.29) is 6.61 Å². The van der Waals surface area contributed by atoms with Gasteiger partial charge in [0.1, 0.15) is 5.75 Å². The predicted octanol–water partition coefficient (Wildman–Crippen LogP) is 2.49. The summed E-state index contributed by atoms with van der Waals surface area (Å²) in [6.45, 7) is 5.83. The lowest BCUT2D eigenvalue weighted by molar-refractivity contribution is 0.138. The molecule has 1 aromatic carbocycles. The summed E-state index contributed by atoms with van der Waals surface area (Å²) in [7, 11) is 4.41. The van der Waals surface area contributed by atoms with Crippen molar-refractivity contribution >= 4 is 0 Å². The molecule has 1 saturated heterocycles. The van der Waals surface area contributed by atoms with Gasteiger partial charge >= 0.3 is 0 Å². The van der Waals surface area contributed by atoms with Gasteiger partial charge in [-0.15, -0.1) is 0 Å². The molecular formula is C18H30N2O2. The zero-order chi connectivity index (χ0) is 15.9. The Labute approximate surface area is 134 Å². The molecule has 1 heterocycles. The molecule has 0 radical (unpaired) electrons. The summed E-state index contributed by atoms with van der Waals surface area (Å²) < 4.78 is 5.54. The predicted molar refractivity (Wildman–Crippen MR) is 90.1 cm³/mol. The molecule has 22 heavy (non-hydrogen) atoms. The quantitative estimate of drug-likeness (QED) is 0.839. The number of aliphatic hydroxyl groups excluding tert-OH is 1. The number of likely N-dealkylation sites (N-methyl/N-ethyl adjacent to an activating group) is 2. The number of piperidine rings is 1. The van der Waals surface area contributed by atoms with Gasteiger partial charge in [-0.3, -0.25) is 0 Å². The van der Waals surface area contributed by atoms with Gasteiger partial charge in [-0.2, -0.15) is 0 Å². The number of rotatable bonds is 7. The summed E-state index contributed by atoms with van der Waals surface area (Å²) >= 11 is 0. The van der Waals surface area contributed by atoms with Gasteiger partial charge in [0.15, 0.2) is 0 Å². The summed E-state index contributed by atoms with van der Waals surface area (Å²) in [4.78, 5) is 4.86. The molecule has 1 atom stereocenters. The van der Waals surface area contributed by atoms with Crippen molar-refractivity contribution in [2.75, 3.05) is 33.8 Å². The Morgan fingerprint density at radius 3 is 2.86 bits per heavy atom. The Morgan fingerprint density at radius 2 is 2.18 bits per heavy atom. The average Bonchev–Trinajstić information content (AvgIpc) is 2.51. The lowest BCUT2D eigenvalue weighted by atomic mass is 10.0. The van der Waals surface area contributed by atoms with Crippen LogP contribution >= 0.6 is 0 Å². The molecule has 1 N–H and O–H groups in total. The molecule has 4 nitrogen and oxygen atoms in total. The second-order valence-corrected chi connectivity index (χ2v) is 6.36. The lowest BCUT2D eigenvalue weighted by Crippen LogP contribution is -2.43. The second-order valence-electron chi connectivity index (χ2n) is 6.36. The van der Waals surface area contributed by atoms with Gasteiger partial charge in [0.2, 0.25) is 0 Å². The van der Waals surface area contributed by atoms with Crippen LogP contribution in [0.1, 0.15) is 37.3 Å². The Morgan fingerprint density at radius 1 is 1.36 bits per heavy atom. The minimum atomic E-state index is 0.0260. The first-order valence-electron chi connectivity index (χ1n) is 8.38. The van der Waals surface area contributed by atoms with Crippen molar-refractivity contribution in [3.63, 3.8) is 0 Å². The molecule has 1 aromatic rings. The first-order valence-corrected chi connectivity index (χ1v) is 8.38. The number of ether oxygens (including phenoxy) is 1. The van der Waals surface area contributed by atoms with Crippen molar-refractivity contribution in [3.05, 3.63) is 29.3 Å². The number of hydrogen-bond acceptors (Lipinski definition) is 4. The summed E-state index contributed by atoms with van der Waals surface area (Å²) in [5.41, 5.74) is 2.11. The highest BCUT2D eigenvalue weighted by Gasteiger charge is 2.20. The van der Waals surface area contributed by atoms with Crippen LogP contribution in [0.15, 0.2) is 18.2 Å². The molecule has 0 bridgehead atoms. The van der Waals surface area contributed by atoms with Crippen LogP contribution in [0.2, 0.25) is 0 Å². The SMILES string of the molecule is CCOc1ccc(CN(C)C[C@H]2CCCCN2C)cc1CO. The van der Waals surface area contributed by atoms with E-state index in [2.05, 4.69) is 36.0 Å². The Kier molecular flexibility index (Phi) is 6.68. The van der Waals surface area contributed by atoms with Crippen molar-refractivity contribution < 1.29 is 9.84 Å². The van der Waals surface area contributed by atoms with E-state index in [1.807, 2.05) is 13.0 Å². The number of hydrogen-bond donors (Lipinski definition) is 1. The molecule has 124 valence electrons. The molecule has 2 rings (SSSR count). The zero-order valence-corrected chi connectivity index (χ0v) is 14.2. The first-order chi connectivity index (χ1) is 10.6. The Balaban J connectivity index is 1.94. The van der Waals surface area contributed by atoms with Crippen LogP contribution in [0.5, 0.6) is 5.75 Å². The fourth-order valence-corrected chi connectivity index (χ4v) is 3.26. The van der Waals surface area contributed by atoms with Gasteiger partial charge in [-0.1, -0.05) is 12.5 Å². The third-order valence-corrected chi connectivity index (χ3v) is 4.49. The highest BCUT2D eigenvalue weighted by atomic mass is 16.5. The van der Waals surface area contributed by atoms with Crippen molar-refractivity contribution in [3.8, 4) is 5.75 Å². The van der Waals surface area contributed by atoms with Crippen molar-refractivity contribution in [2.24, 2.45) is 0 Å². The van der Waals surface area contributed by atoms with Crippen molar-refractivity contribution in [1.82, 2.24) is 9.80 Å². The molecule has 4 heteroatoms. The van der Waals surface area contributed by atoms with Gasteiger partial charge < -0.3 is 19.6 Å². The van der Waals surface area contributed by atoms with E-state index in [0.717, 1.165) is 24.4 Å². The van der Waals surface area contributed by atoms with Crippen LogP contribution < -0.4 is 4.74 Å². The molecule has 0 saturated carbocycles. The Hall–Kier alpha value is -1.10. The molecule has 1 fully saturated rings. The fraction of sp³-hybridized carbons (Fsp3) is 0.667. The van der Waals surface area contributed by atoms with Crippen molar-refractivity contribution in [1.29, 1.82) is 0 Å². The highest BCUT2D eigenvalue weighted by molar-refractivity contribution is 5.36. The maximum absolute atomic E-state index is 9.50. The minimum Gasteiger partial charge on any atom is -0.494 e. The third kappa shape index (κ3) is 4.70. The normalized spacial score (nSPS) is 19.6. The van der Waals surface area contributed by atoms with Crippen LogP contribution in [0.3, 0.4) is 0 Å². The minimum absolute atomic E-state index is 0.0260. The molecular weight excluding hydrogens is 276 g/mol. The van der Waals surface area contributed by atoms with Gasteiger partial charge in [0, 0.05) is 24.7 Å². The summed E-state index contributed by atoms with van der Waals surface area (Å²) in [5.74, 6) is 0.795. The highest BCUT2D eigenvalue weighted by Crippen LogP contribution is 2.22. The molecule has 0 aliphatic carbocycles. The molecule has 0 amide bonds. The molecule has 1 aliphatic rings. The third-order valence-electron chi connectivity index (χ3n) is 4.49. The summed E-state index contributed by atoms with van der Waals surface area (Å²) in [6.07, 6.45) is 3.97. The van der Waals surface area contributed by atoms with E-state index >= 15 is 0 Å². The standard InChI is InChI=1S/C18H30N2O2/c1-4-22-18-9-8-15(11-16(18)14-21)12-19(2)13-17-7-5-6-10-20(17)3/h8-9,11,17,21H,4-7,10,12-14H2,1-3H3/t17-/m1/s1. The number of likely N-dealkylation sites (tertiary alicyclic amines) is 1. The summed E-state index contributed by atoms with van der Waals surface area (Å²) in [6, 6.07) is 6.81. The van der Waals surface area contributed by atoms with E-state index < -0.39 is 0 Å². The van der Waals surface area contributed by atoms with Crippen LogP contribution in [0.4, 0.5) is 0 Å². The van der Waals surface area contributed by atoms with Gasteiger partial charge in [-0.05, 0) is 58.1 Å². The maximum Gasteiger partial charge on any atom is 0.124 e. The Bertz CT molecular complexity index is 464. The van der Waals surface area contributed by atoms with E-state index in [1.165, 1.54) is 31.4 Å². The topological polar surface area (TPSA) is 35.9 Å². The first kappa shape index (κ1) is 17.3. The van der Waals surface area contributed by atoms with Crippen LogP contribution in [0.25, 0.3) is 0 Å². The van der Waals surface area contributed by atoms with E-state index in [0.29, 0.717) is 12.6 Å².